The monoisotopic (exact) mass is 435 g/mol. The number of rotatable bonds is 9. The lowest BCUT2D eigenvalue weighted by Crippen LogP contribution is -2.50. The van der Waals surface area contributed by atoms with Crippen LogP contribution in [0.15, 0.2) is 79.0 Å². The van der Waals surface area contributed by atoms with Crippen LogP contribution in [0.2, 0.25) is 5.02 Å². The Kier molecular flexibility index (Phi) is 8.19. The first-order valence-electron chi connectivity index (χ1n) is 10.3. The molecule has 0 spiro atoms. The third-order valence-electron chi connectivity index (χ3n) is 5.01. The van der Waals surface area contributed by atoms with Crippen molar-refractivity contribution in [3.8, 4) is 0 Å². The van der Waals surface area contributed by atoms with Gasteiger partial charge < -0.3 is 10.2 Å². The Balaban J connectivity index is 1.85. The molecule has 31 heavy (non-hydrogen) atoms. The minimum absolute atomic E-state index is 0.0798. The Bertz CT molecular complexity index is 979. The molecule has 0 saturated heterocycles. The van der Waals surface area contributed by atoms with Gasteiger partial charge in [-0.1, -0.05) is 67.1 Å². The van der Waals surface area contributed by atoms with E-state index >= 15 is 0 Å². The molecular weight excluding hydrogens is 410 g/mol. The van der Waals surface area contributed by atoms with Crippen LogP contribution in [-0.2, 0) is 29.1 Å². The van der Waals surface area contributed by atoms with E-state index in [0.29, 0.717) is 31.0 Å². The van der Waals surface area contributed by atoms with Crippen LogP contribution in [0.4, 0.5) is 0 Å². The molecule has 0 aliphatic heterocycles. The molecule has 5 nitrogen and oxygen atoms in total. The van der Waals surface area contributed by atoms with E-state index in [1.165, 1.54) is 0 Å². The topological polar surface area (TPSA) is 62.3 Å². The lowest BCUT2D eigenvalue weighted by atomic mass is 10.0. The molecule has 2 aromatic carbocycles. The van der Waals surface area contributed by atoms with E-state index in [1.54, 1.807) is 23.2 Å². The maximum absolute atomic E-state index is 13.3. The average Bonchev–Trinajstić information content (AvgIpc) is 2.82. The summed E-state index contributed by atoms with van der Waals surface area (Å²) >= 11 is 6.01. The number of carbonyl (C=O) groups is 2. The summed E-state index contributed by atoms with van der Waals surface area (Å²) in [4.78, 5) is 32.1. The highest BCUT2D eigenvalue weighted by Crippen LogP contribution is 2.17. The molecule has 3 rings (SSSR count). The Morgan fingerprint density at radius 2 is 1.68 bits per heavy atom. The zero-order valence-electron chi connectivity index (χ0n) is 17.5. The summed E-state index contributed by atoms with van der Waals surface area (Å²) in [6.45, 7) is 2.45. The third-order valence-corrected chi connectivity index (χ3v) is 5.26. The van der Waals surface area contributed by atoms with Gasteiger partial charge in [-0.25, -0.2) is 0 Å². The van der Waals surface area contributed by atoms with Gasteiger partial charge in [0.15, 0.2) is 0 Å². The third kappa shape index (κ3) is 6.66. The van der Waals surface area contributed by atoms with Gasteiger partial charge in [0, 0.05) is 30.6 Å². The number of carbonyl (C=O) groups excluding carboxylic acids is 2. The molecule has 6 heteroatoms. The van der Waals surface area contributed by atoms with Crippen molar-refractivity contribution in [1.82, 2.24) is 15.2 Å². The molecule has 0 fully saturated rings. The second-order valence-corrected chi connectivity index (χ2v) is 7.68. The van der Waals surface area contributed by atoms with E-state index in [0.717, 1.165) is 16.8 Å². The molecule has 1 aromatic heterocycles. The fourth-order valence-corrected chi connectivity index (χ4v) is 3.47. The molecule has 160 valence electrons. The Morgan fingerprint density at radius 3 is 2.32 bits per heavy atom. The molecular formula is C25H26ClN3O2. The van der Waals surface area contributed by atoms with Crippen molar-refractivity contribution in [1.29, 1.82) is 0 Å². The van der Waals surface area contributed by atoms with Crippen molar-refractivity contribution in [2.24, 2.45) is 0 Å². The van der Waals surface area contributed by atoms with Gasteiger partial charge in [0.1, 0.15) is 6.04 Å². The highest BCUT2D eigenvalue weighted by atomic mass is 35.5. The van der Waals surface area contributed by atoms with Gasteiger partial charge in [-0.2, -0.15) is 0 Å². The van der Waals surface area contributed by atoms with Gasteiger partial charge in [0.05, 0.1) is 12.2 Å². The normalized spacial score (nSPS) is 11.5. The highest BCUT2D eigenvalue weighted by Gasteiger charge is 2.29. The van der Waals surface area contributed by atoms with Crippen LogP contribution in [0.5, 0.6) is 0 Å². The first-order valence-corrected chi connectivity index (χ1v) is 10.7. The number of halogens is 1. The smallest absolute Gasteiger partial charge is 0.243 e. The molecule has 2 amide bonds. The van der Waals surface area contributed by atoms with E-state index in [-0.39, 0.29) is 11.8 Å². The molecule has 0 saturated carbocycles. The van der Waals surface area contributed by atoms with Crippen LogP contribution < -0.4 is 5.32 Å². The van der Waals surface area contributed by atoms with Crippen molar-refractivity contribution in [3.63, 3.8) is 0 Å². The van der Waals surface area contributed by atoms with Crippen molar-refractivity contribution in [2.75, 3.05) is 0 Å². The Hall–Kier alpha value is -3.18. The summed E-state index contributed by atoms with van der Waals surface area (Å²) in [7, 11) is 0. The summed E-state index contributed by atoms with van der Waals surface area (Å²) in [6.07, 6.45) is 2.43. The predicted octanol–water partition coefficient (Wildman–Crippen LogP) is 4.40. The molecule has 1 atom stereocenters. The van der Waals surface area contributed by atoms with Crippen LogP contribution in [-0.4, -0.2) is 27.7 Å². The summed E-state index contributed by atoms with van der Waals surface area (Å²) < 4.78 is 0. The van der Waals surface area contributed by atoms with E-state index < -0.39 is 6.04 Å². The van der Waals surface area contributed by atoms with E-state index in [2.05, 4.69) is 10.3 Å². The van der Waals surface area contributed by atoms with Crippen molar-refractivity contribution >= 4 is 23.4 Å². The lowest BCUT2D eigenvalue weighted by molar-refractivity contribution is -0.141. The molecule has 1 N–H and O–H groups in total. The van der Waals surface area contributed by atoms with Crippen molar-refractivity contribution in [3.05, 3.63) is 101 Å². The lowest BCUT2D eigenvalue weighted by Gasteiger charge is -2.31. The van der Waals surface area contributed by atoms with E-state index in [9.17, 15) is 9.59 Å². The summed E-state index contributed by atoms with van der Waals surface area (Å²) in [6, 6.07) is 22.0. The molecule has 3 aromatic rings. The van der Waals surface area contributed by atoms with E-state index in [4.69, 9.17) is 11.6 Å². The number of aromatic nitrogens is 1. The Labute approximate surface area is 188 Å². The second kappa shape index (κ2) is 11.3. The average molecular weight is 436 g/mol. The molecule has 1 unspecified atom stereocenters. The minimum atomic E-state index is -0.644. The number of pyridine rings is 1. The molecule has 0 bridgehead atoms. The number of nitrogens with one attached hydrogen (secondary N) is 1. The molecule has 0 aliphatic carbocycles. The quantitative estimate of drug-likeness (QED) is 0.541. The fourth-order valence-electron chi connectivity index (χ4n) is 3.34. The van der Waals surface area contributed by atoms with E-state index in [1.807, 2.05) is 67.6 Å². The minimum Gasteiger partial charge on any atom is -0.349 e. The van der Waals surface area contributed by atoms with Crippen LogP contribution in [0.3, 0.4) is 0 Å². The van der Waals surface area contributed by atoms with Gasteiger partial charge in [-0.05, 0) is 35.4 Å². The van der Waals surface area contributed by atoms with Crippen LogP contribution in [0.1, 0.15) is 30.2 Å². The fraction of sp³-hybridized carbons (Fsp3) is 0.240. The van der Waals surface area contributed by atoms with Crippen LogP contribution >= 0.6 is 11.6 Å². The second-order valence-electron chi connectivity index (χ2n) is 7.25. The van der Waals surface area contributed by atoms with Crippen molar-refractivity contribution in [2.45, 2.75) is 38.9 Å². The van der Waals surface area contributed by atoms with Crippen molar-refractivity contribution < 1.29 is 9.59 Å². The summed E-state index contributed by atoms with van der Waals surface area (Å²) in [5, 5.41) is 3.59. The van der Waals surface area contributed by atoms with Crippen LogP contribution in [0.25, 0.3) is 0 Å². The maximum atomic E-state index is 13.3. The Morgan fingerprint density at radius 1 is 0.968 bits per heavy atom. The number of benzene rings is 2. The van der Waals surface area contributed by atoms with Gasteiger partial charge in [0.25, 0.3) is 0 Å². The zero-order valence-corrected chi connectivity index (χ0v) is 18.3. The first-order chi connectivity index (χ1) is 15.1. The van der Waals surface area contributed by atoms with Crippen LogP contribution in [0, 0.1) is 0 Å². The largest absolute Gasteiger partial charge is 0.349 e. The zero-order chi connectivity index (χ0) is 22.1. The summed E-state index contributed by atoms with van der Waals surface area (Å²) in [5.74, 6) is -0.283. The molecule has 1 heterocycles. The SMILES string of the molecule is CCC(=O)N(Cc1ccc(Cl)cc1)C(Cc1ccccc1)C(=O)NCc1ccccn1. The highest BCUT2D eigenvalue weighted by molar-refractivity contribution is 6.30. The van der Waals surface area contributed by atoms with Gasteiger partial charge in [0.2, 0.25) is 11.8 Å². The number of nitrogens with zero attached hydrogens (tertiary/aromatic N) is 2. The predicted molar refractivity (Wildman–Crippen MR) is 122 cm³/mol. The summed E-state index contributed by atoms with van der Waals surface area (Å²) in [5.41, 5.74) is 2.67. The first kappa shape index (κ1) is 22.5. The number of hydrogen-bond donors (Lipinski definition) is 1. The standard InChI is InChI=1S/C25H26ClN3O2/c1-2-24(30)29(18-20-11-13-21(26)14-12-20)23(16-19-8-4-3-5-9-19)25(31)28-17-22-10-6-7-15-27-22/h3-15,23H,2,16-18H2,1H3,(H,28,31). The van der Waals surface area contributed by atoms with Gasteiger partial charge in [-0.3, -0.25) is 14.6 Å². The number of amides is 2. The molecule has 0 radical (unpaired) electrons. The van der Waals surface area contributed by atoms with Gasteiger partial charge >= 0.3 is 0 Å². The maximum Gasteiger partial charge on any atom is 0.243 e. The molecule has 0 aliphatic rings. The van der Waals surface area contributed by atoms with Gasteiger partial charge in [-0.15, -0.1) is 0 Å². The number of hydrogen-bond acceptors (Lipinski definition) is 3.